The number of aromatic nitrogens is 2. The lowest BCUT2D eigenvalue weighted by molar-refractivity contribution is -0.125. The second-order valence-corrected chi connectivity index (χ2v) is 7.95. The Morgan fingerprint density at radius 3 is 3.03 bits per heavy atom. The predicted molar refractivity (Wildman–Crippen MR) is 114 cm³/mol. The van der Waals surface area contributed by atoms with E-state index in [0.29, 0.717) is 13.1 Å². The maximum absolute atomic E-state index is 12.7. The van der Waals surface area contributed by atoms with E-state index in [4.69, 9.17) is 0 Å². The lowest BCUT2D eigenvalue weighted by Gasteiger charge is -2.33. The van der Waals surface area contributed by atoms with Gasteiger partial charge in [0, 0.05) is 44.5 Å². The van der Waals surface area contributed by atoms with E-state index in [9.17, 15) is 9.59 Å². The summed E-state index contributed by atoms with van der Waals surface area (Å²) in [6.45, 7) is 4.24. The van der Waals surface area contributed by atoms with Crippen LogP contribution in [0.5, 0.6) is 0 Å². The lowest BCUT2D eigenvalue weighted by Crippen LogP contribution is -2.44. The van der Waals surface area contributed by atoms with E-state index in [0.717, 1.165) is 51.0 Å². The van der Waals surface area contributed by atoms with Gasteiger partial charge in [0.25, 0.3) is 5.56 Å². The zero-order chi connectivity index (χ0) is 20.1. The molecule has 1 amide bonds. The van der Waals surface area contributed by atoms with Gasteiger partial charge in [0.05, 0.1) is 17.8 Å². The third-order valence-corrected chi connectivity index (χ3v) is 5.92. The summed E-state index contributed by atoms with van der Waals surface area (Å²) in [4.78, 5) is 28.7. The van der Waals surface area contributed by atoms with Gasteiger partial charge < -0.3 is 15.1 Å². The summed E-state index contributed by atoms with van der Waals surface area (Å²) in [6, 6.07) is 10.2. The molecule has 3 heterocycles. The Hall–Kier alpha value is -2.83. The van der Waals surface area contributed by atoms with Gasteiger partial charge in [-0.2, -0.15) is 5.10 Å². The first-order chi connectivity index (χ1) is 14.2. The molecule has 0 bridgehead atoms. The third-order valence-electron chi connectivity index (χ3n) is 5.92. The number of rotatable bonds is 6. The Kier molecular flexibility index (Phi) is 6.12. The first kappa shape index (κ1) is 19.5. The molecule has 2 aliphatic rings. The van der Waals surface area contributed by atoms with Crippen molar-refractivity contribution in [1.82, 2.24) is 15.5 Å². The van der Waals surface area contributed by atoms with Crippen LogP contribution in [-0.4, -0.2) is 48.8 Å². The Morgan fingerprint density at radius 2 is 2.14 bits per heavy atom. The Labute approximate surface area is 171 Å². The van der Waals surface area contributed by atoms with E-state index >= 15 is 0 Å². The molecule has 0 spiro atoms. The van der Waals surface area contributed by atoms with Gasteiger partial charge in [0.1, 0.15) is 0 Å². The number of nitrogens with zero attached hydrogens (tertiary/aromatic N) is 3. The van der Waals surface area contributed by atoms with Crippen LogP contribution in [0.3, 0.4) is 0 Å². The first-order valence-electron chi connectivity index (χ1n) is 10.6. The summed E-state index contributed by atoms with van der Waals surface area (Å²) in [5.41, 5.74) is 3.35. The van der Waals surface area contributed by atoms with Crippen LogP contribution in [-0.2, 0) is 11.2 Å². The second kappa shape index (κ2) is 9.11. The average Bonchev–Trinajstić information content (AvgIpc) is 2.77. The number of fused-ring (bicyclic) bond motifs is 1. The second-order valence-electron chi connectivity index (χ2n) is 7.95. The van der Waals surface area contributed by atoms with Crippen molar-refractivity contribution in [2.24, 2.45) is 5.92 Å². The number of aromatic amines is 1. The molecule has 2 aliphatic heterocycles. The van der Waals surface area contributed by atoms with Crippen LogP contribution in [0.4, 0.5) is 11.4 Å². The van der Waals surface area contributed by atoms with Crippen molar-refractivity contribution < 1.29 is 4.79 Å². The van der Waals surface area contributed by atoms with Gasteiger partial charge in [-0.25, -0.2) is 5.10 Å². The van der Waals surface area contributed by atoms with Gasteiger partial charge >= 0.3 is 0 Å². The number of hydrogen-bond acceptors (Lipinski definition) is 5. The molecule has 0 unspecified atom stereocenters. The fourth-order valence-corrected chi connectivity index (χ4v) is 4.43. The fraction of sp³-hybridized carbons (Fsp3) is 0.500. The largest absolute Gasteiger partial charge is 0.371 e. The molecule has 0 saturated carbocycles. The molecule has 2 N–H and O–H groups in total. The van der Waals surface area contributed by atoms with Gasteiger partial charge in [0.2, 0.25) is 5.91 Å². The number of para-hydroxylation sites is 1. The molecule has 0 radical (unpaired) electrons. The van der Waals surface area contributed by atoms with Crippen LogP contribution in [0, 0.1) is 5.92 Å². The summed E-state index contributed by atoms with van der Waals surface area (Å²) >= 11 is 0. The summed E-state index contributed by atoms with van der Waals surface area (Å²) in [5, 5.41) is 9.39. The number of anilines is 2. The molecule has 1 fully saturated rings. The highest BCUT2D eigenvalue weighted by molar-refractivity contribution is 5.79. The van der Waals surface area contributed by atoms with Crippen LogP contribution >= 0.6 is 0 Å². The molecule has 1 aromatic heterocycles. The van der Waals surface area contributed by atoms with Crippen LogP contribution in [0.1, 0.15) is 31.2 Å². The number of aryl methyl sites for hydroxylation is 1. The monoisotopic (exact) mass is 395 g/mol. The summed E-state index contributed by atoms with van der Waals surface area (Å²) in [6.07, 6.45) is 6.77. The zero-order valence-electron chi connectivity index (χ0n) is 16.8. The highest BCUT2D eigenvalue weighted by Crippen LogP contribution is 2.26. The van der Waals surface area contributed by atoms with Gasteiger partial charge in [0.15, 0.2) is 0 Å². The number of amides is 1. The molecule has 2 aromatic rings. The quantitative estimate of drug-likeness (QED) is 0.731. The molecule has 1 saturated heterocycles. The van der Waals surface area contributed by atoms with E-state index in [-0.39, 0.29) is 17.4 Å². The highest BCUT2D eigenvalue weighted by Gasteiger charge is 2.26. The lowest BCUT2D eigenvalue weighted by atomic mass is 9.96. The first-order valence-corrected chi connectivity index (χ1v) is 10.6. The maximum Gasteiger partial charge on any atom is 0.266 e. The minimum Gasteiger partial charge on any atom is -0.371 e. The average molecular weight is 396 g/mol. The fourth-order valence-electron chi connectivity index (χ4n) is 4.43. The molecule has 1 atom stereocenters. The molecular weight excluding hydrogens is 366 g/mol. The Morgan fingerprint density at radius 1 is 1.24 bits per heavy atom. The zero-order valence-corrected chi connectivity index (χ0v) is 16.8. The summed E-state index contributed by atoms with van der Waals surface area (Å²) in [7, 11) is 0. The molecule has 1 aromatic carbocycles. The van der Waals surface area contributed by atoms with Crippen LogP contribution in [0.2, 0.25) is 0 Å². The van der Waals surface area contributed by atoms with Gasteiger partial charge in [-0.05, 0) is 43.7 Å². The van der Waals surface area contributed by atoms with Crippen LogP contribution in [0.25, 0.3) is 0 Å². The van der Waals surface area contributed by atoms with E-state index < -0.39 is 0 Å². The number of piperidine rings is 1. The van der Waals surface area contributed by atoms with Crippen LogP contribution < -0.4 is 20.7 Å². The summed E-state index contributed by atoms with van der Waals surface area (Å²) in [5.74, 6) is 0.0743. The van der Waals surface area contributed by atoms with E-state index in [2.05, 4.69) is 49.6 Å². The Balaban J connectivity index is 1.24. The predicted octanol–water partition coefficient (Wildman–Crippen LogP) is 1.95. The van der Waals surface area contributed by atoms with Gasteiger partial charge in [-0.3, -0.25) is 9.59 Å². The third kappa shape index (κ3) is 4.78. The van der Waals surface area contributed by atoms with E-state index in [1.807, 2.05) is 0 Å². The number of nitrogens with one attached hydrogen (secondary N) is 2. The topological polar surface area (TPSA) is 81.3 Å². The highest BCUT2D eigenvalue weighted by atomic mass is 16.2. The van der Waals surface area contributed by atoms with Crippen molar-refractivity contribution in [2.45, 2.75) is 32.1 Å². The molecule has 0 aliphatic carbocycles. The molecule has 154 valence electrons. The number of benzene rings is 1. The van der Waals surface area contributed by atoms with E-state index in [1.165, 1.54) is 17.7 Å². The van der Waals surface area contributed by atoms with Crippen molar-refractivity contribution in [2.75, 3.05) is 42.5 Å². The van der Waals surface area contributed by atoms with Crippen molar-refractivity contribution in [3.05, 3.63) is 52.4 Å². The minimum absolute atomic E-state index is 0.0428. The maximum atomic E-state index is 12.7. The van der Waals surface area contributed by atoms with Crippen LogP contribution in [0.15, 0.2) is 41.3 Å². The summed E-state index contributed by atoms with van der Waals surface area (Å²) < 4.78 is 0. The smallest absolute Gasteiger partial charge is 0.266 e. The molecule has 4 rings (SSSR count). The van der Waals surface area contributed by atoms with E-state index in [1.54, 1.807) is 12.3 Å². The number of H-pyrrole nitrogens is 1. The Bertz CT molecular complexity index is 897. The number of hydrogen-bond donors (Lipinski definition) is 2. The molecule has 29 heavy (non-hydrogen) atoms. The van der Waals surface area contributed by atoms with Gasteiger partial charge in [-0.15, -0.1) is 0 Å². The van der Waals surface area contributed by atoms with Crippen molar-refractivity contribution in [3.8, 4) is 0 Å². The number of carbonyl (C=O) groups is 1. The van der Waals surface area contributed by atoms with Crippen molar-refractivity contribution in [3.63, 3.8) is 0 Å². The molecular formula is C22H29N5O2. The SMILES string of the molecule is O=C(NCCCN1CCCc2ccccc21)[C@H]1CCCN(c2cn[nH]c(=O)c2)C1. The van der Waals surface area contributed by atoms with Crippen molar-refractivity contribution >= 4 is 17.3 Å². The minimum atomic E-state index is -0.214. The molecule has 7 heteroatoms. The number of carbonyl (C=O) groups excluding carboxylic acids is 1. The normalized spacial score (nSPS) is 19.0. The molecule has 7 nitrogen and oxygen atoms in total. The van der Waals surface area contributed by atoms with Gasteiger partial charge in [-0.1, -0.05) is 18.2 Å². The van der Waals surface area contributed by atoms with Crippen molar-refractivity contribution in [1.29, 1.82) is 0 Å². The standard InChI is InChI=1S/C22H29N5O2/c28-21-14-19(15-24-25-21)27-12-4-8-18(16-27)22(29)23-10-5-13-26-11-3-7-17-6-1-2-9-20(17)26/h1-2,6,9,14-15,18H,3-5,7-8,10-13,16H2,(H,23,29)(H,25,28)/t18-/m0/s1.